The van der Waals surface area contributed by atoms with Crippen LogP contribution in [0.4, 0.5) is 0 Å². The molecule has 0 bridgehead atoms. The molecule has 0 spiro atoms. The Morgan fingerprint density at radius 1 is 0.846 bits per heavy atom. The van der Waals surface area contributed by atoms with Crippen molar-refractivity contribution >= 4 is 40.6 Å². The third-order valence-corrected chi connectivity index (χ3v) is 7.33. The minimum Gasteiger partial charge on any atom is -0.346 e. The van der Waals surface area contributed by atoms with Gasteiger partial charge in [-0.15, -0.1) is 0 Å². The van der Waals surface area contributed by atoms with Gasteiger partial charge in [0.2, 0.25) is 11.7 Å². The molecule has 3 atom stereocenters. The van der Waals surface area contributed by atoms with Crippen molar-refractivity contribution in [2.75, 3.05) is 0 Å². The predicted octanol–water partition coefficient (Wildman–Crippen LogP) is 6.08. The summed E-state index contributed by atoms with van der Waals surface area (Å²) in [7, 11) is 0. The molecule has 0 aromatic heterocycles. The molecule has 1 N–H and O–H groups in total. The van der Waals surface area contributed by atoms with Crippen molar-refractivity contribution in [1.29, 1.82) is 0 Å². The van der Waals surface area contributed by atoms with Crippen LogP contribution in [-0.4, -0.2) is 35.1 Å². The van der Waals surface area contributed by atoms with Gasteiger partial charge in [0.05, 0.1) is 12.0 Å². The van der Waals surface area contributed by atoms with Gasteiger partial charge in [0.25, 0.3) is 0 Å². The number of rotatable bonds is 14. The van der Waals surface area contributed by atoms with Crippen molar-refractivity contribution < 1.29 is 24.0 Å². The fraction of sp³-hybridized carbons (Fsp3) is 0.469. The zero-order valence-electron chi connectivity index (χ0n) is 23.8. The SMILES string of the molecule is CC(C)[C@H](CC(=O)[C@H](C)NC(=O)[C@@H](CC(=O)c1ccccc1)C(C)(C)C)C(=O)C(=O)CCc1ccc(Cl)cc1. The van der Waals surface area contributed by atoms with Gasteiger partial charge < -0.3 is 5.32 Å². The summed E-state index contributed by atoms with van der Waals surface area (Å²) in [4.78, 5) is 64.8. The van der Waals surface area contributed by atoms with Gasteiger partial charge in [-0.3, -0.25) is 24.0 Å². The number of amides is 1. The third kappa shape index (κ3) is 9.85. The summed E-state index contributed by atoms with van der Waals surface area (Å²) in [5, 5.41) is 3.35. The number of benzene rings is 2. The first-order chi connectivity index (χ1) is 18.2. The molecule has 0 aliphatic rings. The number of carbonyl (C=O) groups excluding carboxylic acids is 5. The van der Waals surface area contributed by atoms with Gasteiger partial charge in [0.15, 0.2) is 17.3 Å². The molecule has 7 heteroatoms. The molecule has 1 amide bonds. The zero-order valence-corrected chi connectivity index (χ0v) is 24.5. The van der Waals surface area contributed by atoms with Crippen molar-refractivity contribution in [3.05, 3.63) is 70.7 Å². The maximum absolute atomic E-state index is 13.2. The van der Waals surface area contributed by atoms with E-state index in [4.69, 9.17) is 11.6 Å². The molecule has 0 heterocycles. The summed E-state index contributed by atoms with van der Waals surface area (Å²) in [5.74, 6) is -3.60. The van der Waals surface area contributed by atoms with Crippen molar-refractivity contribution in [3.63, 3.8) is 0 Å². The third-order valence-electron chi connectivity index (χ3n) is 7.08. The second-order valence-electron chi connectivity index (χ2n) is 11.6. The molecular weight excluding hydrogens is 514 g/mol. The lowest BCUT2D eigenvalue weighted by Gasteiger charge is -2.30. The van der Waals surface area contributed by atoms with E-state index in [1.807, 2.05) is 39.0 Å². The molecule has 2 rings (SSSR count). The summed E-state index contributed by atoms with van der Waals surface area (Å²) < 4.78 is 0. The average Bonchev–Trinajstić information content (AvgIpc) is 2.88. The fourth-order valence-corrected chi connectivity index (χ4v) is 4.50. The second kappa shape index (κ2) is 14.3. The smallest absolute Gasteiger partial charge is 0.224 e. The van der Waals surface area contributed by atoms with Crippen LogP contribution in [0.1, 0.15) is 76.7 Å². The second-order valence-corrected chi connectivity index (χ2v) is 12.0. The highest BCUT2D eigenvalue weighted by atomic mass is 35.5. The Kier molecular flexibility index (Phi) is 11.8. The molecule has 2 aromatic carbocycles. The lowest BCUT2D eigenvalue weighted by molar-refractivity contribution is -0.141. The molecule has 0 unspecified atom stereocenters. The molecule has 0 fully saturated rings. The van der Waals surface area contributed by atoms with E-state index in [-0.39, 0.29) is 42.7 Å². The number of hydrogen-bond donors (Lipinski definition) is 1. The monoisotopic (exact) mass is 553 g/mol. The Bertz CT molecular complexity index is 1170. The first-order valence-corrected chi connectivity index (χ1v) is 13.8. The minimum absolute atomic E-state index is 0.00941. The van der Waals surface area contributed by atoms with Crippen LogP contribution >= 0.6 is 11.6 Å². The first kappa shape index (κ1) is 32.1. The van der Waals surface area contributed by atoms with Crippen LogP contribution in [0.5, 0.6) is 0 Å². The number of Topliss-reactive ketones (excluding diaryl/α,β-unsaturated/α-hetero) is 4. The van der Waals surface area contributed by atoms with Crippen LogP contribution in [0.2, 0.25) is 5.02 Å². The van der Waals surface area contributed by atoms with Gasteiger partial charge in [-0.2, -0.15) is 0 Å². The van der Waals surface area contributed by atoms with E-state index in [1.165, 1.54) is 0 Å². The molecule has 0 aliphatic carbocycles. The van der Waals surface area contributed by atoms with Crippen molar-refractivity contribution in [3.8, 4) is 0 Å². The van der Waals surface area contributed by atoms with Gasteiger partial charge >= 0.3 is 0 Å². The lowest BCUT2D eigenvalue weighted by atomic mass is 9.76. The van der Waals surface area contributed by atoms with Gasteiger partial charge in [-0.05, 0) is 42.4 Å². The van der Waals surface area contributed by atoms with Crippen molar-refractivity contribution in [2.24, 2.45) is 23.2 Å². The lowest BCUT2D eigenvalue weighted by Crippen LogP contribution is -2.46. The van der Waals surface area contributed by atoms with Crippen LogP contribution < -0.4 is 5.32 Å². The van der Waals surface area contributed by atoms with E-state index < -0.39 is 34.9 Å². The average molecular weight is 554 g/mol. The minimum atomic E-state index is -0.868. The van der Waals surface area contributed by atoms with Crippen LogP contribution in [0.15, 0.2) is 54.6 Å². The van der Waals surface area contributed by atoms with E-state index in [1.54, 1.807) is 57.2 Å². The van der Waals surface area contributed by atoms with Crippen LogP contribution in [0.25, 0.3) is 0 Å². The standard InChI is InChI=1S/C32H40ClNO5/c1-20(2)25(30(38)27(35)17-14-22-12-15-24(33)16-13-22)18-28(36)21(3)34-31(39)26(32(4,5)6)19-29(37)23-10-8-7-9-11-23/h7-13,15-16,20-21,25-26H,14,17-19H2,1-6H3,(H,34,39)/t21-,25-,26+/m0/s1. The number of nitrogens with one attached hydrogen (secondary N) is 1. The van der Waals surface area contributed by atoms with Crippen LogP contribution in [0, 0.1) is 23.2 Å². The highest BCUT2D eigenvalue weighted by molar-refractivity contribution is 6.38. The Morgan fingerprint density at radius 2 is 1.44 bits per heavy atom. The quantitative estimate of drug-likeness (QED) is 0.226. The first-order valence-electron chi connectivity index (χ1n) is 13.4. The maximum Gasteiger partial charge on any atom is 0.224 e. The van der Waals surface area contributed by atoms with E-state index in [0.717, 1.165) is 5.56 Å². The van der Waals surface area contributed by atoms with E-state index in [2.05, 4.69) is 5.32 Å². The number of halogens is 1. The summed E-state index contributed by atoms with van der Waals surface area (Å²) in [6.45, 7) is 10.8. The molecule has 210 valence electrons. The fourth-order valence-electron chi connectivity index (χ4n) is 4.38. The summed E-state index contributed by atoms with van der Waals surface area (Å²) >= 11 is 5.90. The largest absolute Gasteiger partial charge is 0.346 e. The summed E-state index contributed by atoms with van der Waals surface area (Å²) in [6.07, 6.45) is 0.318. The predicted molar refractivity (Wildman–Crippen MR) is 154 cm³/mol. The topological polar surface area (TPSA) is 97.4 Å². The molecule has 0 aliphatic heterocycles. The number of ketones is 4. The van der Waals surface area contributed by atoms with Crippen molar-refractivity contribution in [2.45, 2.75) is 73.3 Å². The highest BCUT2D eigenvalue weighted by Gasteiger charge is 2.36. The van der Waals surface area contributed by atoms with E-state index in [0.29, 0.717) is 17.0 Å². The number of aryl methyl sites for hydroxylation is 1. The highest BCUT2D eigenvalue weighted by Crippen LogP contribution is 2.30. The Hall–Kier alpha value is -3.12. The van der Waals surface area contributed by atoms with Crippen molar-refractivity contribution in [1.82, 2.24) is 5.32 Å². The Labute approximate surface area is 236 Å². The number of carbonyl (C=O) groups is 5. The molecule has 0 saturated heterocycles. The van der Waals surface area contributed by atoms with Gasteiger partial charge in [-0.1, -0.05) is 88.7 Å². The summed E-state index contributed by atoms with van der Waals surface area (Å²) in [5.41, 5.74) is 0.903. The molecule has 39 heavy (non-hydrogen) atoms. The number of hydrogen-bond acceptors (Lipinski definition) is 5. The van der Waals surface area contributed by atoms with Crippen LogP contribution in [-0.2, 0) is 25.6 Å². The Morgan fingerprint density at radius 3 is 1.97 bits per heavy atom. The molecule has 0 radical (unpaired) electrons. The van der Waals surface area contributed by atoms with E-state index in [9.17, 15) is 24.0 Å². The molecule has 2 aromatic rings. The van der Waals surface area contributed by atoms with Crippen LogP contribution in [0.3, 0.4) is 0 Å². The van der Waals surface area contributed by atoms with E-state index >= 15 is 0 Å². The zero-order chi connectivity index (χ0) is 29.3. The van der Waals surface area contributed by atoms with Gasteiger partial charge in [-0.25, -0.2) is 0 Å². The van der Waals surface area contributed by atoms with Gasteiger partial charge in [0, 0.05) is 35.8 Å². The summed E-state index contributed by atoms with van der Waals surface area (Å²) in [6, 6.07) is 15.0. The molecule has 6 nitrogen and oxygen atoms in total. The Balaban J connectivity index is 2.02. The maximum atomic E-state index is 13.2. The molecule has 0 saturated carbocycles. The normalized spacial score (nSPS) is 13.8. The molecular formula is C32H40ClNO5. The van der Waals surface area contributed by atoms with Gasteiger partial charge in [0.1, 0.15) is 0 Å².